The fraction of sp³-hybridized carbons (Fsp3) is 0.412. The zero-order valence-electron chi connectivity index (χ0n) is 11.6. The average molecular weight is 242 g/mol. The molecular weight excluding hydrogens is 220 g/mol. The Bertz CT molecular complexity index is 436. The third-order valence-electron chi connectivity index (χ3n) is 3.23. The summed E-state index contributed by atoms with van der Waals surface area (Å²) >= 11 is 0. The van der Waals surface area contributed by atoms with Gasteiger partial charge < -0.3 is 4.74 Å². The third kappa shape index (κ3) is 3.58. The molecule has 0 heterocycles. The lowest BCUT2D eigenvalue weighted by Crippen LogP contribution is -2.21. The first-order chi connectivity index (χ1) is 8.57. The minimum absolute atomic E-state index is 0.0567. The van der Waals surface area contributed by atoms with Gasteiger partial charge in [-0.15, -0.1) is 0 Å². The van der Waals surface area contributed by atoms with Crippen LogP contribution in [0.15, 0.2) is 53.6 Å². The molecule has 96 valence electrons. The van der Waals surface area contributed by atoms with E-state index in [4.69, 9.17) is 4.74 Å². The summed E-state index contributed by atoms with van der Waals surface area (Å²) in [5.41, 5.74) is 4.18. The molecule has 1 aliphatic rings. The van der Waals surface area contributed by atoms with Gasteiger partial charge in [0, 0.05) is 5.41 Å². The van der Waals surface area contributed by atoms with Gasteiger partial charge in [0.2, 0.25) is 0 Å². The third-order valence-corrected chi connectivity index (χ3v) is 3.23. The second-order valence-electron chi connectivity index (χ2n) is 5.64. The number of rotatable bonds is 4. The highest BCUT2D eigenvalue weighted by Gasteiger charge is 2.22. The van der Waals surface area contributed by atoms with Gasteiger partial charge in [0.1, 0.15) is 0 Å². The van der Waals surface area contributed by atoms with E-state index in [2.05, 4.69) is 57.2 Å². The smallest absolute Gasteiger partial charge is 0.0717 e. The van der Waals surface area contributed by atoms with Crippen LogP contribution in [0.25, 0.3) is 0 Å². The van der Waals surface area contributed by atoms with Crippen molar-refractivity contribution in [1.82, 2.24) is 0 Å². The van der Waals surface area contributed by atoms with E-state index < -0.39 is 0 Å². The lowest BCUT2D eigenvalue weighted by molar-refractivity contribution is 0.0807. The van der Waals surface area contributed by atoms with Crippen LogP contribution in [0.1, 0.15) is 32.8 Å². The molecule has 1 nitrogen and oxygen atoms in total. The maximum Gasteiger partial charge on any atom is 0.0717 e. The van der Waals surface area contributed by atoms with E-state index in [0.717, 1.165) is 13.0 Å². The molecule has 0 amide bonds. The van der Waals surface area contributed by atoms with E-state index in [1.54, 1.807) is 0 Å². The molecule has 0 saturated carbocycles. The Morgan fingerprint density at radius 2 is 1.67 bits per heavy atom. The molecule has 0 aromatic heterocycles. The highest BCUT2D eigenvalue weighted by molar-refractivity contribution is 5.27. The number of hydrogen-bond donors (Lipinski definition) is 0. The van der Waals surface area contributed by atoms with Gasteiger partial charge in [0.15, 0.2) is 0 Å². The summed E-state index contributed by atoms with van der Waals surface area (Å²) in [6.45, 7) is 8.08. The fourth-order valence-electron chi connectivity index (χ4n) is 2.76. The minimum atomic E-state index is 0.0567. The molecule has 0 unspecified atom stereocenters. The van der Waals surface area contributed by atoms with Crippen molar-refractivity contribution < 1.29 is 4.74 Å². The number of hydrogen-bond acceptors (Lipinski definition) is 1. The van der Waals surface area contributed by atoms with Gasteiger partial charge in [0.25, 0.3) is 0 Å². The summed E-state index contributed by atoms with van der Waals surface area (Å²) in [6.07, 6.45) is 5.78. The molecule has 1 aromatic carbocycles. The Morgan fingerprint density at radius 3 is 2.28 bits per heavy atom. The molecule has 0 atom stereocenters. The second-order valence-corrected chi connectivity index (χ2v) is 5.64. The lowest BCUT2D eigenvalue weighted by atomic mass is 9.81. The van der Waals surface area contributed by atoms with Gasteiger partial charge in [0.05, 0.1) is 13.2 Å². The standard InChI is InChI=1S/C17H22O/c1-14-9-15(2)11-17(3,10-14)13-18-12-16-7-5-4-6-8-16/h4-8,10-11H,9,12-13H2,1-3H3. The molecular formula is C17H22O. The molecule has 0 fully saturated rings. The first kappa shape index (κ1) is 13.1. The summed E-state index contributed by atoms with van der Waals surface area (Å²) in [7, 11) is 0. The zero-order chi connectivity index (χ0) is 13.0. The van der Waals surface area contributed by atoms with Crippen LogP contribution in [0.3, 0.4) is 0 Å². The van der Waals surface area contributed by atoms with Gasteiger partial charge in [-0.1, -0.05) is 60.6 Å². The molecule has 0 spiro atoms. The first-order valence-electron chi connectivity index (χ1n) is 6.56. The molecule has 0 saturated heterocycles. The molecule has 1 aromatic rings. The summed E-state index contributed by atoms with van der Waals surface area (Å²) in [4.78, 5) is 0. The van der Waals surface area contributed by atoms with Crippen LogP contribution in [0.5, 0.6) is 0 Å². The largest absolute Gasteiger partial charge is 0.376 e. The van der Waals surface area contributed by atoms with E-state index >= 15 is 0 Å². The lowest BCUT2D eigenvalue weighted by Gasteiger charge is -2.28. The number of benzene rings is 1. The van der Waals surface area contributed by atoms with Gasteiger partial charge in [-0.3, -0.25) is 0 Å². The van der Waals surface area contributed by atoms with Crippen molar-refractivity contribution in [1.29, 1.82) is 0 Å². The normalized spacial score (nSPS) is 18.2. The first-order valence-corrected chi connectivity index (χ1v) is 6.56. The highest BCUT2D eigenvalue weighted by atomic mass is 16.5. The number of ether oxygens (including phenoxy) is 1. The molecule has 0 aliphatic heterocycles. The topological polar surface area (TPSA) is 9.23 Å². The minimum Gasteiger partial charge on any atom is -0.376 e. The summed E-state index contributed by atoms with van der Waals surface area (Å²) < 4.78 is 5.87. The van der Waals surface area contributed by atoms with Crippen LogP contribution in [-0.4, -0.2) is 6.61 Å². The molecule has 2 rings (SSSR count). The van der Waals surface area contributed by atoms with Crippen molar-refractivity contribution in [3.8, 4) is 0 Å². The zero-order valence-corrected chi connectivity index (χ0v) is 11.6. The van der Waals surface area contributed by atoms with E-state index in [0.29, 0.717) is 6.61 Å². The molecule has 1 aliphatic carbocycles. The van der Waals surface area contributed by atoms with E-state index in [-0.39, 0.29) is 5.41 Å². The maximum absolute atomic E-state index is 5.87. The average Bonchev–Trinajstić information content (AvgIpc) is 2.28. The van der Waals surface area contributed by atoms with E-state index in [1.165, 1.54) is 16.7 Å². The Labute approximate surface area is 110 Å². The van der Waals surface area contributed by atoms with Gasteiger partial charge in [-0.25, -0.2) is 0 Å². The van der Waals surface area contributed by atoms with Crippen LogP contribution in [0.2, 0.25) is 0 Å². The van der Waals surface area contributed by atoms with Gasteiger partial charge >= 0.3 is 0 Å². The second kappa shape index (κ2) is 5.53. The van der Waals surface area contributed by atoms with Crippen molar-refractivity contribution in [2.24, 2.45) is 5.41 Å². The van der Waals surface area contributed by atoms with Crippen LogP contribution in [-0.2, 0) is 11.3 Å². The Hall–Kier alpha value is -1.34. The predicted molar refractivity (Wildman–Crippen MR) is 76.3 cm³/mol. The maximum atomic E-state index is 5.87. The fourth-order valence-corrected chi connectivity index (χ4v) is 2.76. The van der Waals surface area contributed by atoms with Crippen LogP contribution < -0.4 is 0 Å². The molecule has 0 radical (unpaired) electrons. The van der Waals surface area contributed by atoms with Crippen LogP contribution in [0, 0.1) is 5.41 Å². The molecule has 0 N–H and O–H groups in total. The van der Waals surface area contributed by atoms with Crippen molar-refractivity contribution >= 4 is 0 Å². The summed E-state index contributed by atoms with van der Waals surface area (Å²) in [6, 6.07) is 10.3. The van der Waals surface area contributed by atoms with Crippen molar-refractivity contribution in [2.75, 3.05) is 6.61 Å². The summed E-state index contributed by atoms with van der Waals surface area (Å²) in [5.74, 6) is 0. The Kier molecular flexibility index (Phi) is 4.03. The molecule has 0 bridgehead atoms. The molecule has 1 heteroatoms. The van der Waals surface area contributed by atoms with Crippen molar-refractivity contribution in [3.05, 3.63) is 59.2 Å². The number of allylic oxidation sites excluding steroid dienone is 2. The van der Waals surface area contributed by atoms with Crippen molar-refractivity contribution in [3.63, 3.8) is 0 Å². The quantitative estimate of drug-likeness (QED) is 0.706. The monoisotopic (exact) mass is 242 g/mol. The Balaban J connectivity index is 1.92. The predicted octanol–water partition coefficient (Wildman–Crippen LogP) is 4.51. The van der Waals surface area contributed by atoms with E-state index in [1.807, 2.05) is 6.07 Å². The summed E-state index contributed by atoms with van der Waals surface area (Å²) in [5, 5.41) is 0. The Morgan fingerprint density at radius 1 is 1.06 bits per heavy atom. The van der Waals surface area contributed by atoms with Crippen LogP contribution >= 0.6 is 0 Å². The SMILES string of the molecule is CC1=CC(C)(COCc2ccccc2)C=C(C)C1. The van der Waals surface area contributed by atoms with Gasteiger partial charge in [-0.05, 0) is 25.8 Å². The van der Waals surface area contributed by atoms with Crippen molar-refractivity contribution in [2.45, 2.75) is 33.8 Å². The van der Waals surface area contributed by atoms with Crippen LogP contribution in [0.4, 0.5) is 0 Å². The molecule has 18 heavy (non-hydrogen) atoms. The highest BCUT2D eigenvalue weighted by Crippen LogP contribution is 2.32. The van der Waals surface area contributed by atoms with Gasteiger partial charge in [-0.2, -0.15) is 0 Å². The van der Waals surface area contributed by atoms with E-state index in [9.17, 15) is 0 Å².